The molecule has 0 aromatic carbocycles. The molecular weight excluding hydrogens is 212 g/mol. The summed E-state index contributed by atoms with van der Waals surface area (Å²) in [6.45, 7) is 0. The highest BCUT2D eigenvalue weighted by Gasteiger charge is 2.39. The van der Waals surface area contributed by atoms with Crippen LogP contribution in [-0.2, 0) is 9.84 Å². The Morgan fingerprint density at radius 3 is 2.33 bits per heavy atom. The first-order chi connectivity index (χ1) is 7.02. The Kier molecular flexibility index (Phi) is 3.08. The van der Waals surface area contributed by atoms with E-state index in [4.69, 9.17) is 0 Å². The van der Waals surface area contributed by atoms with Gasteiger partial charge in [0.15, 0.2) is 9.84 Å². The zero-order chi connectivity index (χ0) is 10.9. The number of rotatable bonds is 2. The van der Waals surface area contributed by atoms with Crippen molar-refractivity contribution in [1.29, 1.82) is 0 Å². The summed E-state index contributed by atoms with van der Waals surface area (Å²) >= 11 is 0. The van der Waals surface area contributed by atoms with Crippen molar-refractivity contribution in [3.63, 3.8) is 0 Å². The number of hydrogen-bond acceptors (Lipinski definition) is 3. The fourth-order valence-electron chi connectivity index (χ4n) is 2.93. The zero-order valence-electron chi connectivity index (χ0n) is 9.11. The lowest BCUT2D eigenvalue weighted by atomic mass is 9.81. The van der Waals surface area contributed by atoms with E-state index in [0.717, 1.165) is 38.5 Å². The van der Waals surface area contributed by atoms with E-state index in [1.807, 2.05) is 0 Å². The third-order valence-electron chi connectivity index (χ3n) is 3.85. The number of aliphatic hydroxyl groups is 1. The first-order valence-electron chi connectivity index (χ1n) is 5.96. The van der Waals surface area contributed by atoms with Crippen LogP contribution in [0.25, 0.3) is 0 Å². The third kappa shape index (κ3) is 2.53. The van der Waals surface area contributed by atoms with Gasteiger partial charge in [0.1, 0.15) is 0 Å². The van der Waals surface area contributed by atoms with Crippen LogP contribution in [0, 0.1) is 0 Å². The van der Waals surface area contributed by atoms with Crippen LogP contribution in [0.4, 0.5) is 0 Å². The van der Waals surface area contributed by atoms with Crippen molar-refractivity contribution >= 4 is 9.84 Å². The molecule has 4 heteroatoms. The summed E-state index contributed by atoms with van der Waals surface area (Å²) in [5, 5.41) is 10.0. The summed E-state index contributed by atoms with van der Waals surface area (Å²) < 4.78 is 23.3. The van der Waals surface area contributed by atoms with Crippen molar-refractivity contribution in [3.05, 3.63) is 0 Å². The van der Waals surface area contributed by atoms with Gasteiger partial charge < -0.3 is 5.11 Å². The van der Waals surface area contributed by atoms with E-state index >= 15 is 0 Å². The number of sulfone groups is 1. The lowest BCUT2D eigenvalue weighted by Gasteiger charge is -2.33. The maximum absolute atomic E-state index is 11.7. The second-order valence-corrected chi connectivity index (χ2v) is 7.52. The highest BCUT2D eigenvalue weighted by atomic mass is 32.2. The average Bonchev–Trinajstić information content (AvgIpc) is 2.46. The lowest BCUT2D eigenvalue weighted by molar-refractivity contribution is -0.00448. The van der Waals surface area contributed by atoms with Crippen LogP contribution in [0.5, 0.6) is 0 Å². The minimum Gasteiger partial charge on any atom is -0.390 e. The summed E-state index contributed by atoms with van der Waals surface area (Å²) in [6.07, 6.45) is 6.87. The summed E-state index contributed by atoms with van der Waals surface area (Å²) in [4.78, 5) is 0. The van der Waals surface area contributed by atoms with Crippen molar-refractivity contribution in [2.75, 3.05) is 5.75 Å². The second kappa shape index (κ2) is 4.06. The van der Waals surface area contributed by atoms with Gasteiger partial charge in [-0.25, -0.2) is 8.42 Å². The quantitative estimate of drug-likeness (QED) is 0.787. The van der Waals surface area contributed by atoms with Crippen LogP contribution in [0.3, 0.4) is 0 Å². The van der Waals surface area contributed by atoms with Gasteiger partial charge in [0.05, 0.1) is 16.6 Å². The van der Waals surface area contributed by atoms with E-state index in [0.29, 0.717) is 12.2 Å². The molecule has 0 spiro atoms. The van der Waals surface area contributed by atoms with Gasteiger partial charge in [0.2, 0.25) is 0 Å². The molecule has 2 fully saturated rings. The van der Waals surface area contributed by atoms with Crippen molar-refractivity contribution in [1.82, 2.24) is 0 Å². The Hall–Kier alpha value is -0.0900. The third-order valence-corrected chi connectivity index (χ3v) is 6.13. The molecule has 1 aliphatic heterocycles. The Bertz CT molecular complexity index is 315. The van der Waals surface area contributed by atoms with Crippen LogP contribution in [0.15, 0.2) is 0 Å². The molecular formula is C11H20O3S. The van der Waals surface area contributed by atoms with Crippen LogP contribution in [-0.4, -0.2) is 30.1 Å². The molecule has 1 saturated carbocycles. The molecule has 0 aromatic rings. The predicted octanol–water partition coefficient (Wildman–Crippen LogP) is 1.65. The molecule has 1 N–H and O–H groups in total. The van der Waals surface area contributed by atoms with E-state index < -0.39 is 15.4 Å². The van der Waals surface area contributed by atoms with Crippen LogP contribution in [0.1, 0.15) is 51.4 Å². The lowest BCUT2D eigenvalue weighted by Crippen LogP contribution is -2.36. The largest absolute Gasteiger partial charge is 0.390 e. The van der Waals surface area contributed by atoms with Gasteiger partial charge in [-0.15, -0.1) is 0 Å². The normalized spacial score (nSPS) is 34.1. The van der Waals surface area contributed by atoms with Crippen molar-refractivity contribution in [2.24, 2.45) is 0 Å². The molecule has 0 amide bonds. The molecule has 15 heavy (non-hydrogen) atoms. The minimum atomic E-state index is -2.88. The molecule has 1 unspecified atom stereocenters. The van der Waals surface area contributed by atoms with Crippen molar-refractivity contribution in [2.45, 2.75) is 62.2 Å². The van der Waals surface area contributed by atoms with Gasteiger partial charge in [-0.3, -0.25) is 0 Å². The molecule has 2 rings (SSSR count). The summed E-state index contributed by atoms with van der Waals surface area (Å²) in [5.41, 5.74) is -0.680. The summed E-state index contributed by atoms with van der Waals surface area (Å²) in [7, 11) is -2.88. The van der Waals surface area contributed by atoms with Crippen LogP contribution in [0.2, 0.25) is 0 Å². The molecule has 3 nitrogen and oxygen atoms in total. The Balaban J connectivity index is 2.01. The van der Waals surface area contributed by atoms with E-state index in [1.54, 1.807) is 0 Å². The van der Waals surface area contributed by atoms with Gasteiger partial charge >= 0.3 is 0 Å². The molecule has 1 aliphatic carbocycles. The number of hydrogen-bond donors (Lipinski definition) is 1. The molecule has 0 bridgehead atoms. The van der Waals surface area contributed by atoms with Gasteiger partial charge in [-0.05, 0) is 32.1 Å². The molecule has 1 heterocycles. The Morgan fingerprint density at radius 2 is 1.80 bits per heavy atom. The fourth-order valence-corrected chi connectivity index (χ4v) is 4.92. The minimum absolute atomic E-state index is 0.263. The van der Waals surface area contributed by atoms with E-state index in [2.05, 4.69) is 0 Å². The van der Waals surface area contributed by atoms with E-state index in [-0.39, 0.29) is 5.25 Å². The highest BCUT2D eigenvalue weighted by molar-refractivity contribution is 7.92. The SMILES string of the molecule is O=S1(=O)CCCC1CC1(O)CCCCC1. The average molecular weight is 232 g/mol. The topological polar surface area (TPSA) is 54.4 Å². The Labute approximate surface area is 91.8 Å². The first kappa shape index (κ1) is 11.4. The van der Waals surface area contributed by atoms with Crippen LogP contribution < -0.4 is 0 Å². The predicted molar refractivity (Wildman–Crippen MR) is 59.5 cm³/mol. The monoisotopic (exact) mass is 232 g/mol. The summed E-state index contributed by atoms with van der Waals surface area (Å²) in [5.74, 6) is 0.327. The van der Waals surface area contributed by atoms with E-state index in [1.165, 1.54) is 6.42 Å². The zero-order valence-corrected chi connectivity index (χ0v) is 9.93. The molecule has 88 valence electrons. The van der Waals surface area contributed by atoms with E-state index in [9.17, 15) is 13.5 Å². The molecule has 1 saturated heterocycles. The molecule has 2 aliphatic rings. The highest BCUT2D eigenvalue weighted by Crippen LogP contribution is 2.36. The maximum Gasteiger partial charge on any atom is 0.153 e. The molecule has 0 aromatic heterocycles. The van der Waals surface area contributed by atoms with Crippen molar-refractivity contribution < 1.29 is 13.5 Å². The fraction of sp³-hybridized carbons (Fsp3) is 1.00. The van der Waals surface area contributed by atoms with Gasteiger partial charge in [0.25, 0.3) is 0 Å². The Morgan fingerprint density at radius 1 is 1.13 bits per heavy atom. The summed E-state index contributed by atoms with van der Waals surface area (Å²) in [6, 6.07) is 0. The molecule has 1 atom stereocenters. The van der Waals surface area contributed by atoms with Crippen LogP contribution >= 0.6 is 0 Å². The second-order valence-electron chi connectivity index (χ2n) is 5.12. The maximum atomic E-state index is 11.7. The molecule has 0 radical (unpaired) electrons. The smallest absolute Gasteiger partial charge is 0.153 e. The standard InChI is InChI=1S/C11H20O3S/c12-11(6-2-1-3-7-11)9-10-5-4-8-15(10,13)14/h10,12H,1-9H2. The van der Waals surface area contributed by atoms with Gasteiger partial charge in [-0.1, -0.05) is 19.3 Å². The van der Waals surface area contributed by atoms with Crippen molar-refractivity contribution in [3.8, 4) is 0 Å². The van der Waals surface area contributed by atoms with Gasteiger partial charge in [-0.2, -0.15) is 0 Å². The first-order valence-corrected chi connectivity index (χ1v) is 7.67. The van der Waals surface area contributed by atoms with Gasteiger partial charge in [0, 0.05) is 0 Å².